The van der Waals surface area contributed by atoms with E-state index in [1.54, 1.807) is 25.5 Å². The zero-order chi connectivity index (χ0) is 18.2. The van der Waals surface area contributed by atoms with E-state index in [9.17, 15) is 0 Å². The van der Waals surface area contributed by atoms with E-state index >= 15 is 0 Å². The Bertz CT molecular complexity index is 843. The molecule has 7 heteroatoms. The molecule has 0 aliphatic rings. The van der Waals surface area contributed by atoms with Crippen LogP contribution in [-0.4, -0.2) is 34.3 Å². The number of aromatic nitrogens is 3. The molecule has 26 heavy (non-hydrogen) atoms. The molecular weight excluding hydrogens is 348 g/mol. The Kier molecular flexibility index (Phi) is 6.22. The second kappa shape index (κ2) is 9.01. The molecule has 0 saturated heterocycles. The van der Waals surface area contributed by atoms with E-state index in [4.69, 9.17) is 11.6 Å². The number of guanidine groups is 1. The Hall–Kier alpha value is -2.86. The minimum absolute atomic E-state index is 0.509. The van der Waals surface area contributed by atoms with Crippen molar-refractivity contribution in [1.82, 2.24) is 25.4 Å². The van der Waals surface area contributed by atoms with E-state index in [-0.39, 0.29) is 0 Å². The molecule has 0 fully saturated rings. The van der Waals surface area contributed by atoms with Gasteiger partial charge < -0.3 is 10.6 Å². The second-order valence-corrected chi connectivity index (χ2v) is 6.06. The third-order valence-corrected chi connectivity index (χ3v) is 4.13. The number of halogens is 1. The highest BCUT2D eigenvalue weighted by atomic mass is 35.5. The molecular formula is C19H21ClN6. The van der Waals surface area contributed by atoms with E-state index in [1.165, 1.54) is 0 Å². The molecule has 2 heterocycles. The van der Waals surface area contributed by atoms with Crippen molar-refractivity contribution in [1.29, 1.82) is 0 Å². The molecule has 3 rings (SSSR count). The molecule has 0 radical (unpaired) electrons. The summed E-state index contributed by atoms with van der Waals surface area (Å²) in [5, 5.41) is 11.5. The molecule has 0 bridgehead atoms. The number of hydrogen-bond acceptors (Lipinski definition) is 3. The summed E-state index contributed by atoms with van der Waals surface area (Å²) in [6.45, 7) is 1.40. The van der Waals surface area contributed by atoms with Gasteiger partial charge in [0.2, 0.25) is 0 Å². The Balaban J connectivity index is 1.54. The van der Waals surface area contributed by atoms with E-state index in [0.717, 1.165) is 35.7 Å². The first-order valence-electron chi connectivity index (χ1n) is 8.39. The van der Waals surface area contributed by atoms with Gasteiger partial charge in [-0.15, -0.1) is 0 Å². The van der Waals surface area contributed by atoms with Gasteiger partial charge in [0.05, 0.1) is 5.69 Å². The smallest absolute Gasteiger partial charge is 0.191 e. The van der Waals surface area contributed by atoms with E-state index < -0.39 is 0 Å². The standard InChI is InChI=1S/C19H21ClN6/c1-21-19(22-11-9-15-7-8-18(20)23-13-15)24-14-16-5-2-3-6-17(16)26-12-4-10-25-26/h2-8,10,12-13H,9,11,14H2,1H3,(H2,21,22,24). The van der Waals surface area contributed by atoms with Crippen molar-refractivity contribution >= 4 is 17.6 Å². The minimum Gasteiger partial charge on any atom is -0.356 e. The highest BCUT2D eigenvalue weighted by Crippen LogP contribution is 2.13. The van der Waals surface area contributed by atoms with Crippen LogP contribution in [0.3, 0.4) is 0 Å². The maximum atomic E-state index is 5.81. The summed E-state index contributed by atoms with van der Waals surface area (Å²) in [6.07, 6.45) is 6.34. The summed E-state index contributed by atoms with van der Waals surface area (Å²) in [7, 11) is 1.76. The van der Waals surface area contributed by atoms with E-state index in [2.05, 4.69) is 31.8 Å². The lowest BCUT2D eigenvalue weighted by Crippen LogP contribution is -2.38. The number of hydrogen-bond donors (Lipinski definition) is 2. The number of para-hydroxylation sites is 1. The molecule has 0 aliphatic carbocycles. The van der Waals surface area contributed by atoms with Gasteiger partial charge in [0, 0.05) is 38.7 Å². The zero-order valence-electron chi connectivity index (χ0n) is 14.6. The van der Waals surface area contributed by atoms with Crippen molar-refractivity contribution in [3.8, 4) is 5.69 Å². The van der Waals surface area contributed by atoms with Crippen LogP contribution in [0, 0.1) is 0 Å². The maximum Gasteiger partial charge on any atom is 0.191 e. The summed E-state index contributed by atoms with van der Waals surface area (Å²) in [5.41, 5.74) is 3.31. The van der Waals surface area contributed by atoms with Gasteiger partial charge in [0.25, 0.3) is 0 Å². The number of rotatable bonds is 6. The third-order valence-electron chi connectivity index (χ3n) is 3.91. The topological polar surface area (TPSA) is 67.1 Å². The van der Waals surface area contributed by atoms with Crippen molar-refractivity contribution < 1.29 is 0 Å². The van der Waals surface area contributed by atoms with Gasteiger partial charge in [-0.2, -0.15) is 5.10 Å². The van der Waals surface area contributed by atoms with Gasteiger partial charge in [-0.1, -0.05) is 35.9 Å². The lowest BCUT2D eigenvalue weighted by molar-refractivity contribution is 0.782. The van der Waals surface area contributed by atoms with Crippen LogP contribution < -0.4 is 10.6 Å². The monoisotopic (exact) mass is 368 g/mol. The van der Waals surface area contributed by atoms with Gasteiger partial charge in [0.1, 0.15) is 5.15 Å². The summed E-state index contributed by atoms with van der Waals surface area (Å²) in [4.78, 5) is 8.37. The molecule has 0 aliphatic heterocycles. The Morgan fingerprint density at radius 3 is 2.77 bits per heavy atom. The predicted molar refractivity (Wildman–Crippen MR) is 105 cm³/mol. The molecule has 3 aromatic rings. The number of nitrogens with zero attached hydrogens (tertiary/aromatic N) is 4. The van der Waals surface area contributed by atoms with Gasteiger partial charge in [-0.25, -0.2) is 9.67 Å². The second-order valence-electron chi connectivity index (χ2n) is 5.67. The highest BCUT2D eigenvalue weighted by Gasteiger charge is 2.05. The van der Waals surface area contributed by atoms with Crippen LogP contribution in [-0.2, 0) is 13.0 Å². The third kappa shape index (κ3) is 4.83. The van der Waals surface area contributed by atoms with Crippen LogP contribution >= 0.6 is 11.6 Å². The van der Waals surface area contributed by atoms with E-state index in [1.807, 2.05) is 41.2 Å². The van der Waals surface area contributed by atoms with Crippen molar-refractivity contribution in [3.63, 3.8) is 0 Å². The highest BCUT2D eigenvalue weighted by molar-refractivity contribution is 6.29. The van der Waals surface area contributed by atoms with Gasteiger partial charge in [0.15, 0.2) is 5.96 Å². The summed E-state index contributed by atoms with van der Waals surface area (Å²) in [5.74, 6) is 0.752. The molecule has 0 spiro atoms. The summed E-state index contributed by atoms with van der Waals surface area (Å²) < 4.78 is 1.86. The van der Waals surface area contributed by atoms with Crippen LogP contribution in [0.2, 0.25) is 5.15 Å². The first-order valence-corrected chi connectivity index (χ1v) is 8.77. The minimum atomic E-state index is 0.509. The maximum absolute atomic E-state index is 5.81. The molecule has 2 N–H and O–H groups in total. The number of aliphatic imine (C=N–C) groups is 1. The Morgan fingerprint density at radius 2 is 2.04 bits per heavy atom. The predicted octanol–water partition coefficient (Wildman–Crippen LogP) is 2.83. The number of pyridine rings is 1. The molecule has 0 unspecified atom stereocenters. The van der Waals surface area contributed by atoms with Gasteiger partial charge >= 0.3 is 0 Å². The zero-order valence-corrected chi connectivity index (χ0v) is 15.3. The Labute approximate surface area is 157 Å². The van der Waals surface area contributed by atoms with Gasteiger partial charge in [-0.05, 0) is 35.7 Å². The molecule has 2 aromatic heterocycles. The Morgan fingerprint density at radius 1 is 1.15 bits per heavy atom. The average molecular weight is 369 g/mol. The van der Waals surface area contributed by atoms with Crippen LogP contribution in [0.15, 0.2) is 66.0 Å². The largest absolute Gasteiger partial charge is 0.356 e. The quantitative estimate of drug-likeness (QED) is 0.399. The lowest BCUT2D eigenvalue weighted by atomic mass is 10.2. The first-order chi connectivity index (χ1) is 12.8. The fourth-order valence-corrected chi connectivity index (χ4v) is 2.69. The fraction of sp³-hybridized carbons (Fsp3) is 0.211. The first kappa shape index (κ1) is 17.9. The summed E-state index contributed by atoms with van der Waals surface area (Å²) >= 11 is 5.81. The van der Waals surface area contributed by atoms with Crippen LogP contribution in [0.4, 0.5) is 0 Å². The molecule has 6 nitrogen and oxygen atoms in total. The van der Waals surface area contributed by atoms with Crippen molar-refractivity contribution in [2.24, 2.45) is 4.99 Å². The SMILES string of the molecule is CN=C(NCCc1ccc(Cl)nc1)NCc1ccccc1-n1cccn1. The van der Waals surface area contributed by atoms with Crippen molar-refractivity contribution in [3.05, 3.63) is 77.3 Å². The lowest BCUT2D eigenvalue weighted by Gasteiger charge is -2.14. The normalized spacial score (nSPS) is 11.4. The van der Waals surface area contributed by atoms with Crippen LogP contribution in [0.1, 0.15) is 11.1 Å². The number of benzene rings is 1. The fourth-order valence-electron chi connectivity index (χ4n) is 2.57. The van der Waals surface area contributed by atoms with Crippen molar-refractivity contribution in [2.45, 2.75) is 13.0 Å². The molecule has 0 amide bonds. The van der Waals surface area contributed by atoms with E-state index in [0.29, 0.717) is 11.7 Å². The number of nitrogens with one attached hydrogen (secondary N) is 2. The van der Waals surface area contributed by atoms with Crippen LogP contribution in [0.5, 0.6) is 0 Å². The average Bonchev–Trinajstić information content (AvgIpc) is 3.21. The van der Waals surface area contributed by atoms with Crippen molar-refractivity contribution in [2.75, 3.05) is 13.6 Å². The molecule has 1 aromatic carbocycles. The van der Waals surface area contributed by atoms with Crippen LogP contribution in [0.25, 0.3) is 5.69 Å². The molecule has 0 saturated carbocycles. The summed E-state index contributed by atoms with van der Waals surface area (Å²) in [6, 6.07) is 13.9. The molecule has 0 atom stereocenters. The van der Waals surface area contributed by atoms with Gasteiger partial charge in [-0.3, -0.25) is 4.99 Å². The molecule has 134 valence electrons.